The summed E-state index contributed by atoms with van der Waals surface area (Å²) < 4.78 is 0. The van der Waals surface area contributed by atoms with E-state index in [4.69, 9.17) is 0 Å². The monoisotopic (exact) mass is 307 g/mol. The standard InChI is InChI=1S/C15H21N3O4/c1-5-17(9-14(19)16-10(2)3)15(20)12-6-7-13(18(21)22)11(4)8-12/h6-8,10H,5,9H2,1-4H3,(H,16,19). The molecule has 7 nitrogen and oxygen atoms in total. The maximum absolute atomic E-state index is 12.4. The van der Waals surface area contributed by atoms with Crippen molar-refractivity contribution >= 4 is 17.5 Å². The number of amides is 2. The Bertz CT molecular complexity index is 584. The minimum absolute atomic E-state index is 0.00271. The molecule has 0 heterocycles. The SMILES string of the molecule is CCN(CC(=O)NC(C)C)C(=O)c1ccc([N+](=O)[O-])c(C)c1. The summed E-state index contributed by atoms with van der Waals surface area (Å²) in [6, 6.07) is 4.20. The number of nitrogens with zero attached hydrogens (tertiary/aromatic N) is 2. The summed E-state index contributed by atoms with van der Waals surface area (Å²) in [6.07, 6.45) is 0. The quantitative estimate of drug-likeness (QED) is 0.641. The zero-order valence-electron chi connectivity index (χ0n) is 13.3. The van der Waals surface area contributed by atoms with Gasteiger partial charge in [0.25, 0.3) is 11.6 Å². The Kier molecular flexibility index (Phi) is 6.03. The summed E-state index contributed by atoms with van der Waals surface area (Å²) in [5.41, 5.74) is 0.720. The van der Waals surface area contributed by atoms with Gasteiger partial charge >= 0.3 is 0 Å². The van der Waals surface area contributed by atoms with Crippen molar-refractivity contribution in [3.63, 3.8) is 0 Å². The number of hydrogen-bond acceptors (Lipinski definition) is 4. The Morgan fingerprint density at radius 2 is 2.00 bits per heavy atom. The number of rotatable bonds is 6. The van der Waals surface area contributed by atoms with Gasteiger partial charge < -0.3 is 10.2 Å². The molecule has 2 amide bonds. The molecule has 0 bridgehead atoms. The molecule has 120 valence electrons. The largest absolute Gasteiger partial charge is 0.352 e. The summed E-state index contributed by atoms with van der Waals surface area (Å²) in [6.45, 7) is 7.38. The van der Waals surface area contributed by atoms with Crippen molar-refractivity contribution in [2.75, 3.05) is 13.1 Å². The fraction of sp³-hybridized carbons (Fsp3) is 0.467. The summed E-state index contributed by atoms with van der Waals surface area (Å²) >= 11 is 0. The normalized spacial score (nSPS) is 10.4. The van der Waals surface area contributed by atoms with Gasteiger partial charge in [-0.1, -0.05) is 0 Å². The minimum atomic E-state index is -0.489. The number of hydrogen-bond donors (Lipinski definition) is 1. The molecule has 22 heavy (non-hydrogen) atoms. The molecule has 0 atom stereocenters. The number of benzene rings is 1. The Hall–Kier alpha value is -2.44. The van der Waals surface area contributed by atoms with E-state index in [-0.39, 0.29) is 30.1 Å². The van der Waals surface area contributed by atoms with E-state index in [0.29, 0.717) is 17.7 Å². The molecule has 0 fully saturated rings. The number of nitrogens with one attached hydrogen (secondary N) is 1. The fourth-order valence-electron chi connectivity index (χ4n) is 2.04. The molecule has 0 saturated heterocycles. The molecule has 7 heteroatoms. The van der Waals surface area contributed by atoms with Crippen LogP contribution in [0.1, 0.15) is 36.7 Å². The van der Waals surface area contributed by atoms with Gasteiger partial charge in [0.05, 0.1) is 11.5 Å². The van der Waals surface area contributed by atoms with Gasteiger partial charge in [0.2, 0.25) is 5.91 Å². The highest BCUT2D eigenvalue weighted by Gasteiger charge is 2.20. The van der Waals surface area contributed by atoms with Gasteiger partial charge in [-0.15, -0.1) is 0 Å². The van der Waals surface area contributed by atoms with Crippen LogP contribution < -0.4 is 5.32 Å². The second-order valence-corrected chi connectivity index (χ2v) is 5.30. The summed E-state index contributed by atoms with van der Waals surface area (Å²) in [4.78, 5) is 35.9. The lowest BCUT2D eigenvalue weighted by Crippen LogP contribution is -2.42. The van der Waals surface area contributed by atoms with Crippen molar-refractivity contribution in [1.82, 2.24) is 10.2 Å². The number of likely N-dealkylation sites (N-methyl/N-ethyl adjacent to an activating group) is 1. The zero-order chi connectivity index (χ0) is 16.9. The van der Waals surface area contributed by atoms with Gasteiger partial charge in [-0.3, -0.25) is 19.7 Å². The van der Waals surface area contributed by atoms with E-state index in [1.165, 1.54) is 23.1 Å². The molecular weight excluding hydrogens is 286 g/mol. The van der Waals surface area contributed by atoms with Gasteiger partial charge in [-0.2, -0.15) is 0 Å². The molecule has 1 aromatic carbocycles. The smallest absolute Gasteiger partial charge is 0.272 e. The molecule has 0 saturated carbocycles. The van der Waals surface area contributed by atoms with Crippen molar-refractivity contribution in [1.29, 1.82) is 0 Å². The van der Waals surface area contributed by atoms with Gasteiger partial charge in [-0.25, -0.2) is 0 Å². The van der Waals surface area contributed by atoms with Gasteiger partial charge in [0.15, 0.2) is 0 Å². The van der Waals surface area contributed by atoms with Crippen LogP contribution >= 0.6 is 0 Å². The molecule has 0 aromatic heterocycles. The maximum Gasteiger partial charge on any atom is 0.272 e. The van der Waals surface area contributed by atoms with Crippen molar-refractivity contribution in [3.05, 3.63) is 39.4 Å². The predicted molar refractivity (Wildman–Crippen MR) is 82.7 cm³/mol. The average molecular weight is 307 g/mol. The molecule has 1 aromatic rings. The van der Waals surface area contributed by atoms with E-state index in [2.05, 4.69) is 5.32 Å². The van der Waals surface area contributed by atoms with Crippen molar-refractivity contribution < 1.29 is 14.5 Å². The van der Waals surface area contributed by atoms with Crippen LogP contribution in [0.25, 0.3) is 0 Å². The average Bonchev–Trinajstić information content (AvgIpc) is 2.42. The van der Waals surface area contributed by atoms with Crippen LogP contribution in [0.5, 0.6) is 0 Å². The summed E-state index contributed by atoms with van der Waals surface area (Å²) in [7, 11) is 0. The molecule has 0 aliphatic rings. The number of aryl methyl sites for hydroxylation is 1. The first-order valence-electron chi connectivity index (χ1n) is 7.10. The molecule has 0 spiro atoms. The van der Waals surface area contributed by atoms with Crippen molar-refractivity contribution in [2.24, 2.45) is 0 Å². The first-order chi connectivity index (χ1) is 10.3. The van der Waals surface area contributed by atoms with Crippen molar-refractivity contribution in [2.45, 2.75) is 33.7 Å². The highest BCUT2D eigenvalue weighted by atomic mass is 16.6. The van der Waals surface area contributed by atoms with E-state index in [1.807, 2.05) is 13.8 Å². The minimum Gasteiger partial charge on any atom is -0.352 e. The van der Waals surface area contributed by atoms with Gasteiger partial charge in [0.1, 0.15) is 0 Å². The van der Waals surface area contributed by atoms with Crippen LogP contribution in [0.15, 0.2) is 18.2 Å². The second kappa shape index (κ2) is 7.53. The molecule has 1 rings (SSSR count). The molecular formula is C15H21N3O4. The number of carbonyl (C=O) groups is 2. The Balaban J connectivity index is 2.90. The lowest BCUT2D eigenvalue weighted by Gasteiger charge is -2.21. The van der Waals surface area contributed by atoms with E-state index >= 15 is 0 Å². The Morgan fingerprint density at radius 3 is 2.45 bits per heavy atom. The lowest BCUT2D eigenvalue weighted by molar-refractivity contribution is -0.385. The third-order valence-electron chi connectivity index (χ3n) is 3.09. The molecule has 0 aliphatic heterocycles. The molecule has 0 unspecified atom stereocenters. The Morgan fingerprint density at radius 1 is 1.36 bits per heavy atom. The highest BCUT2D eigenvalue weighted by molar-refractivity contribution is 5.97. The zero-order valence-corrected chi connectivity index (χ0v) is 13.3. The molecule has 0 radical (unpaired) electrons. The van der Waals surface area contributed by atoms with Crippen LogP contribution in [-0.4, -0.2) is 40.8 Å². The van der Waals surface area contributed by atoms with Crippen LogP contribution in [0.2, 0.25) is 0 Å². The van der Waals surface area contributed by atoms with Crippen LogP contribution in [0, 0.1) is 17.0 Å². The third kappa shape index (κ3) is 4.54. The maximum atomic E-state index is 12.4. The van der Waals surface area contributed by atoms with E-state index < -0.39 is 4.92 Å². The van der Waals surface area contributed by atoms with Crippen molar-refractivity contribution in [3.8, 4) is 0 Å². The van der Waals surface area contributed by atoms with Crippen LogP contribution in [0.3, 0.4) is 0 Å². The number of carbonyl (C=O) groups excluding carboxylic acids is 2. The second-order valence-electron chi connectivity index (χ2n) is 5.30. The van der Waals surface area contributed by atoms with Crippen LogP contribution in [0.4, 0.5) is 5.69 Å². The topological polar surface area (TPSA) is 92.6 Å². The van der Waals surface area contributed by atoms with E-state index in [1.54, 1.807) is 13.8 Å². The predicted octanol–water partition coefficient (Wildman–Crippen LogP) is 1.89. The fourth-order valence-corrected chi connectivity index (χ4v) is 2.04. The number of nitro benzene ring substituents is 1. The Labute approximate surface area is 129 Å². The van der Waals surface area contributed by atoms with E-state index in [9.17, 15) is 19.7 Å². The summed E-state index contributed by atoms with van der Waals surface area (Å²) in [5, 5.41) is 13.5. The highest BCUT2D eigenvalue weighted by Crippen LogP contribution is 2.19. The van der Waals surface area contributed by atoms with Crippen LogP contribution in [-0.2, 0) is 4.79 Å². The third-order valence-corrected chi connectivity index (χ3v) is 3.09. The first-order valence-corrected chi connectivity index (χ1v) is 7.10. The van der Waals surface area contributed by atoms with Gasteiger partial charge in [-0.05, 0) is 39.8 Å². The molecule has 0 aliphatic carbocycles. The molecule has 1 N–H and O–H groups in total. The van der Waals surface area contributed by atoms with Gasteiger partial charge in [0, 0.05) is 29.8 Å². The summed E-state index contributed by atoms with van der Waals surface area (Å²) in [5.74, 6) is -0.553. The first kappa shape index (κ1) is 17.6. The lowest BCUT2D eigenvalue weighted by atomic mass is 10.1. The number of nitro groups is 1. The van der Waals surface area contributed by atoms with E-state index in [0.717, 1.165) is 0 Å².